The summed E-state index contributed by atoms with van der Waals surface area (Å²) in [5.74, 6) is 0. The normalized spacial score (nSPS) is 23.4. The highest BCUT2D eigenvalue weighted by molar-refractivity contribution is 4.97. The molecule has 0 bridgehead atoms. The molecule has 1 aliphatic rings. The minimum Gasteiger partial charge on any atom is -0.389 e. The Morgan fingerprint density at radius 2 is 1.80 bits per heavy atom. The largest absolute Gasteiger partial charge is 0.389 e. The van der Waals surface area contributed by atoms with Gasteiger partial charge in [0.1, 0.15) is 0 Å². The van der Waals surface area contributed by atoms with Crippen LogP contribution in [0.3, 0.4) is 0 Å². The maximum Gasteiger partial charge on any atom is 0.0734 e. The van der Waals surface area contributed by atoms with Crippen LogP contribution in [0, 0.1) is 5.41 Å². The smallest absolute Gasteiger partial charge is 0.0734 e. The highest BCUT2D eigenvalue weighted by Gasteiger charge is 2.44. The van der Waals surface area contributed by atoms with Crippen molar-refractivity contribution in [1.82, 2.24) is 4.90 Å². The van der Waals surface area contributed by atoms with E-state index in [1.807, 2.05) is 0 Å². The first-order valence-electron chi connectivity index (χ1n) is 5.99. The quantitative estimate of drug-likeness (QED) is 0.742. The number of nitrogens with two attached hydrogens (primary N) is 1. The fourth-order valence-electron chi connectivity index (χ4n) is 2.28. The van der Waals surface area contributed by atoms with Crippen molar-refractivity contribution in [2.24, 2.45) is 11.1 Å². The van der Waals surface area contributed by atoms with Crippen molar-refractivity contribution in [2.45, 2.75) is 52.2 Å². The van der Waals surface area contributed by atoms with Crippen LogP contribution in [-0.4, -0.2) is 41.3 Å². The van der Waals surface area contributed by atoms with Crippen molar-refractivity contribution in [1.29, 1.82) is 0 Å². The van der Waals surface area contributed by atoms with E-state index >= 15 is 0 Å². The molecule has 0 aromatic carbocycles. The van der Waals surface area contributed by atoms with E-state index in [-0.39, 0.29) is 5.41 Å². The fraction of sp³-hybridized carbons (Fsp3) is 1.00. The van der Waals surface area contributed by atoms with Crippen molar-refractivity contribution < 1.29 is 5.11 Å². The van der Waals surface area contributed by atoms with E-state index < -0.39 is 5.60 Å². The summed E-state index contributed by atoms with van der Waals surface area (Å²) in [6.45, 7) is 11.1. The number of hydrogen-bond acceptors (Lipinski definition) is 3. The summed E-state index contributed by atoms with van der Waals surface area (Å²) in [5.41, 5.74) is 5.00. The Hall–Kier alpha value is -0.120. The molecule has 0 unspecified atom stereocenters. The second-order valence-electron chi connectivity index (χ2n) is 5.75. The topological polar surface area (TPSA) is 49.5 Å². The Balaban J connectivity index is 2.62. The Labute approximate surface area is 93.6 Å². The molecule has 0 amide bonds. The minimum atomic E-state index is -0.576. The number of nitrogens with zero attached hydrogens (tertiary/aromatic N) is 1. The molecule has 1 saturated heterocycles. The Kier molecular flexibility index (Phi) is 3.80. The predicted octanol–water partition coefficient (Wildman–Crippen LogP) is 1.21. The summed E-state index contributed by atoms with van der Waals surface area (Å²) in [7, 11) is 0. The van der Waals surface area contributed by atoms with Gasteiger partial charge in [0.05, 0.1) is 5.60 Å². The van der Waals surface area contributed by atoms with E-state index in [1.54, 1.807) is 0 Å². The summed E-state index contributed by atoms with van der Waals surface area (Å²) < 4.78 is 0. The number of rotatable bonds is 3. The van der Waals surface area contributed by atoms with Gasteiger partial charge >= 0.3 is 0 Å². The van der Waals surface area contributed by atoms with Gasteiger partial charge in [-0.2, -0.15) is 0 Å². The molecule has 0 aromatic heterocycles. The van der Waals surface area contributed by atoms with E-state index in [0.29, 0.717) is 12.6 Å². The molecule has 0 saturated carbocycles. The molecule has 0 aromatic rings. The lowest BCUT2D eigenvalue weighted by Gasteiger charge is -2.48. The molecule has 3 nitrogen and oxygen atoms in total. The second kappa shape index (κ2) is 4.40. The lowest BCUT2D eigenvalue weighted by atomic mass is 9.69. The van der Waals surface area contributed by atoms with E-state index in [9.17, 15) is 5.11 Å². The average molecular weight is 214 g/mol. The minimum absolute atomic E-state index is 0.171. The summed E-state index contributed by atoms with van der Waals surface area (Å²) >= 11 is 0. The summed E-state index contributed by atoms with van der Waals surface area (Å²) in [4.78, 5) is 2.42. The highest BCUT2D eigenvalue weighted by atomic mass is 16.3. The molecule has 3 N–H and O–H groups in total. The van der Waals surface area contributed by atoms with Crippen molar-refractivity contribution in [3.05, 3.63) is 0 Å². The predicted molar refractivity (Wildman–Crippen MR) is 63.7 cm³/mol. The fourth-order valence-corrected chi connectivity index (χ4v) is 2.28. The Morgan fingerprint density at radius 3 is 2.13 bits per heavy atom. The molecular formula is C12H26N2O. The summed E-state index contributed by atoms with van der Waals surface area (Å²) in [6, 6.07) is 0.579. The van der Waals surface area contributed by atoms with Gasteiger partial charge in [-0.3, -0.25) is 0 Å². The van der Waals surface area contributed by atoms with E-state index in [4.69, 9.17) is 5.73 Å². The summed E-state index contributed by atoms with van der Waals surface area (Å²) in [5, 5.41) is 10.6. The highest BCUT2D eigenvalue weighted by Crippen LogP contribution is 2.38. The van der Waals surface area contributed by atoms with Gasteiger partial charge in [0, 0.05) is 31.1 Å². The van der Waals surface area contributed by atoms with Crippen LogP contribution in [0.5, 0.6) is 0 Å². The van der Waals surface area contributed by atoms with Crippen LogP contribution in [0.2, 0.25) is 0 Å². The van der Waals surface area contributed by atoms with Crippen LogP contribution < -0.4 is 5.73 Å². The molecule has 0 spiro atoms. The first kappa shape index (κ1) is 12.9. The van der Waals surface area contributed by atoms with E-state index in [2.05, 4.69) is 32.6 Å². The Bertz CT molecular complexity index is 206. The molecular weight excluding hydrogens is 188 g/mol. The molecule has 1 rings (SSSR count). The number of hydrogen-bond donors (Lipinski definition) is 2. The zero-order valence-corrected chi connectivity index (χ0v) is 10.6. The van der Waals surface area contributed by atoms with Crippen molar-refractivity contribution in [3.8, 4) is 0 Å². The lowest BCUT2D eigenvalue weighted by molar-refractivity contribution is -0.106. The Morgan fingerprint density at radius 1 is 1.33 bits per heavy atom. The van der Waals surface area contributed by atoms with Crippen LogP contribution in [0.15, 0.2) is 0 Å². The van der Waals surface area contributed by atoms with E-state index in [1.165, 1.54) is 0 Å². The number of likely N-dealkylation sites (tertiary alicyclic amines) is 1. The van der Waals surface area contributed by atoms with Crippen LogP contribution in [0.4, 0.5) is 0 Å². The maximum absolute atomic E-state index is 10.6. The second-order valence-corrected chi connectivity index (χ2v) is 5.75. The van der Waals surface area contributed by atoms with Crippen LogP contribution in [0.1, 0.15) is 40.5 Å². The van der Waals surface area contributed by atoms with Gasteiger partial charge < -0.3 is 15.7 Å². The van der Waals surface area contributed by atoms with Gasteiger partial charge in [-0.05, 0) is 26.7 Å². The number of aliphatic hydroxyl groups is 1. The third-order valence-corrected chi connectivity index (χ3v) is 4.13. The molecule has 1 aliphatic heterocycles. The maximum atomic E-state index is 10.6. The van der Waals surface area contributed by atoms with E-state index in [0.717, 1.165) is 25.9 Å². The SMILES string of the molecule is CC(C)N1CCC(O)(C(C)(C)CN)CC1. The van der Waals surface area contributed by atoms with Crippen molar-refractivity contribution >= 4 is 0 Å². The third-order valence-electron chi connectivity index (χ3n) is 4.13. The lowest BCUT2D eigenvalue weighted by Crippen LogP contribution is -2.56. The van der Waals surface area contributed by atoms with Crippen molar-refractivity contribution in [2.75, 3.05) is 19.6 Å². The van der Waals surface area contributed by atoms with Crippen LogP contribution in [-0.2, 0) is 0 Å². The zero-order valence-electron chi connectivity index (χ0n) is 10.6. The molecule has 0 radical (unpaired) electrons. The van der Waals surface area contributed by atoms with Gasteiger partial charge in [-0.15, -0.1) is 0 Å². The average Bonchev–Trinajstić information content (AvgIpc) is 2.18. The van der Waals surface area contributed by atoms with Gasteiger partial charge in [-0.25, -0.2) is 0 Å². The summed E-state index contributed by atoms with van der Waals surface area (Å²) in [6.07, 6.45) is 1.69. The molecule has 3 heteroatoms. The van der Waals surface area contributed by atoms with Crippen molar-refractivity contribution in [3.63, 3.8) is 0 Å². The molecule has 1 fully saturated rings. The third kappa shape index (κ3) is 2.52. The first-order valence-corrected chi connectivity index (χ1v) is 5.99. The van der Waals surface area contributed by atoms with Gasteiger partial charge in [0.15, 0.2) is 0 Å². The van der Waals surface area contributed by atoms with Gasteiger partial charge in [0.2, 0.25) is 0 Å². The van der Waals surface area contributed by atoms with Crippen LogP contribution in [0.25, 0.3) is 0 Å². The molecule has 90 valence electrons. The molecule has 15 heavy (non-hydrogen) atoms. The van der Waals surface area contributed by atoms with Crippen LogP contribution >= 0.6 is 0 Å². The molecule has 0 aliphatic carbocycles. The zero-order chi connectivity index (χ0) is 11.7. The first-order chi connectivity index (χ1) is 6.82. The number of piperidine rings is 1. The van der Waals surface area contributed by atoms with Gasteiger partial charge in [0.25, 0.3) is 0 Å². The molecule has 0 atom stereocenters. The van der Waals surface area contributed by atoms with Gasteiger partial charge in [-0.1, -0.05) is 13.8 Å². The monoisotopic (exact) mass is 214 g/mol. The molecule has 1 heterocycles. The standard InChI is InChI=1S/C12H26N2O/c1-10(2)14-7-5-12(15,6-8-14)11(3,4)9-13/h10,15H,5-9,13H2,1-4H3.